The fraction of sp³-hybridized carbons (Fsp3) is 0.370. The molecule has 0 aliphatic carbocycles. The van der Waals surface area contributed by atoms with Crippen molar-refractivity contribution in [1.29, 1.82) is 0 Å². The minimum absolute atomic E-state index is 0.0996. The van der Waals surface area contributed by atoms with Gasteiger partial charge in [0.1, 0.15) is 12.2 Å². The van der Waals surface area contributed by atoms with Crippen molar-refractivity contribution < 1.29 is 44.0 Å². The second-order valence-electron chi connectivity index (χ2n) is 8.80. The highest BCUT2D eigenvalue weighted by Crippen LogP contribution is 2.30. The Labute approximate surface area is 266 Å². The van der Waals surface area contributed by atoms with Gasteiger partial charge in [0.15, 0.2) is 6.23 Å². The third-order valence-electron chi connectivity index (χ3n) is 6.26. The molecule has 3 heterocycles. The molecule has 4 rings (SSSR count). The maximum Gasteiger partial charge on any atom is 0.333 e. The highest BCUT2D eigenvalue weighted by Gasteiger charge is 2.43. The van der Waals surface area contributed by atoms with E-state index < -0.39 is 44.5 Å². The number of aliphatic hydroxyl groups excluding tert-OH is 3. The molecule has 0 saturated carbocycles. The van der Waals surface area contributed by atoms with Crippen LogP contribution in [-0.2, 0) is 20.6 Å². The molecule has 0 radical (unpaired) electrons. The first-order valence-corrected chi connectivity index (χ1v) is 14.8. The summed E-state index contributed by atoms with van der Waals surface area (Å²) in [4.78, 5) is 50.6. The Morgan fingerprint density at radius 2 is 1.76 bits per heavy atom. The number of hydrogen-bond acceptors (Lipinski definition) is 12. The molecule has 8 N–H and O–H groups in total. The van der Waals surface area contributed by atoms with E-state index in [1.165, 1.54) is 31.2 Å². The molecule has 1 fully saturated rings. The lowest BCUT2D eigenvalue weighted by molar-refractivity contribution is -0.0458. The first-order valence-electron chi connectivity index (χ1n) is 13.0. The van der Waals surface area contributed by atoms with Gasteiger partial charge in [0, 0.05) is 36.3 Å². The van der Waals surface area contributed by atoms with Crippen molar-refractivity contribution in [2.24, 2.45) is 0 Å². The van der Waals surface area contributed by atoms with E-state index in [2.05, 4.69) is 4.98 Å². The summed E-state index contributed by atoms with van der Waals surface area (Å²) in [5.74, 6) is 0.968. The number of nitrogens with zero attached hydrogens (tertiary/aromatic N) is 3. The molecule has 15 nitrogen and oxygen atoms in total. The number of allylic oxidation sites excluding steroid dienone is 2. The van der Waals surface area contributed by atoms with Crippen LogP contribution in [-0.4, -0.2) is 76.1 Å². The van der Waals surface area contributed by atoms with Crippen molar-refractivity contribution in [2.75, 3.05) is 19.5 Å². The molecule has 1 aliphatic rings. The number of nitrogen functional groups attached to an aromatic ring is 1. The van der Waals surface area contributed by atoms with Crippen molar-refractivity contribution in [2.45, 2.75) is 51.4 Å². The monoisotopic (exact) mass is 690 g/mol. The minimum atomic E-state index is -1.39. The summed E-state index contributed by atoms with van der Waals surface area (Å²) < 4.78 is 20.8. The van der Waals surface area contributed by atoms with Gasteiger partial charge in [-0.25, -0.2) is 9.36 Å². The second-order valence-corrected chi connectivity index (χ2v) is 8.96. The smallest absolute Gasteiger partial charge is 0.333 e. The van der Waals surface area contributed by atoms with Crippen LogP contribution in [0.25, 0.3) is 11.1 Å². The molecule has 250 valence electrons. The number of aliphatic hydroxyl groups is 3. The maximum absolute atomic E-state index is 13.1. The molecule has 6 unspecified atom stereocenters. The number of hydrogen-bond donors (Lipinski definition) is 7. The normalized spacial score (nSPS) is 18.5. The quantitative estimate of drug-likeness (QED) is 0.104. The number of methoxy groups -OCH3 is 1. The zero-order valence-corrected chi connectivity index (χ0v) is 28.2. The summed E-state index contributed by atoms with van der Waals surface area (Å²) in [5, 5.41) is 29.6. The fourth-order valence-electron chi connectivity index (χ4n) is 3.97. The van der Waals surface area contributed by atoms with Crippen LogP contribution >= 0.6 is 27.6 Å². The number of nitrogens with two attached hydrogens (primary N) is 1. The molecule has 3 aromatic rings. The number of benzene rings is 1. The van der Waals surface area contributed by atoms with E-state index in [1.807, 2.05) is 38.1 Å². The Bertz CT molecular complexity index is 1440. The van der Waals surface area contributed by atoms with Gasteiger partial charge in [-0.2, -0.15) is 0 Å². The van der Waals surface area contributed by atoms with E-state index in [9.17, 15) is 19.8 Å². The molecule has 1 aromatic carbocycles. The average Bonchev–Trinajstić information content (AvgIpc) is 3.34. The number of aromatic nitrogens is 3. The van der Waals surface area contributed by atoms with Crippen LogP contribution in [0.4, 0.5) is 5.69 Å². The van der Waals surface area contributed by atoms with Crippen LogP contribution in [0.3, 0.4) is 0 Å². The van der Waals surface area contributed by atoms with E-state index in [4.69, 9.17) is 39.6 Å². The lowest BCUT2D eigenvalue weighted by Gasteiger charge is -2.18. The molecular formula is C27H41N4O11P3. The Kier molecular flexibility index (Phi) is 21.9. The van der Waals surface area contributed by atoms with Gasteiger partial charge in [-0.05, 0) is 63.0 Å². The van der Waals surface area contributed by atoms with Crippen molar-refractivity contribution in [1.82, 2.24) is 14.1 Å². The third-order valence-corrected chi connectivity index (χ3v) is 6.26. The van der Waals surface area contributed by atoms with E-state index >= 15 is 0 Å². The summed E-state index contributed by atoms with van der Waals surface area (Å²) in [7, 11) is 3.66. The zero-order valence-electron chi connectivity index (χ0n) is 24.9. The van der Waals surface area contributed by atoms with Gasteiger partial charge < -0.3 is 45.2 Å². The van der Waals surface area contributed by atoms with Gasteiger partial charge in [0.2, 0.25) is 0 Å². The number of rotatable bonds is 7. The SMILES string of the molecule is C/C=C(\C)OC.Nc1ccccc1-c1ccnc(Cn2c(=O)ccn(C3OC(CCO)C(O)C3O)c2=O)c1.O=PO.OP.OP. The molecule has 1 saturated heterocycles. The number of pyridine rings is 1. The Morgan fingerprint density at radius 1 is 1.13 bits per heavy atom. The first-order chi connectivity index (χ1) is 21.6. The highest BCUT2D eigenvalue weighted by atomic mass is 31.1. The summed E-state index contributed by atoms with van der Waals surface area (Å²) in [5.41, 5.74) is 7.44. The predicted octanol–water partition coefficient (Wildman–Crippen LogP) is 0.984. The fourth-order valence-corrected chi connectivity index (χ4v) is 3.97. The summed E-state index contributed by atoms with van der Waals surface area (Å²) in [6.45, 7) is 3.51. The standard InChI is InChI=1S/C22H24N4O6.C5H10O.HO2P.2H3OP/c23-16-4-2-1-3-15(16)13-5-8-24-14(11-13)12-26-18(28)6-9-25(22(26)31)21-20(30)19(29)17(32-21)7-10-27;1-4-5(2)6-3;1-3-2;2*1-2/h1-6,8-9,11,17,19-21,27,29-30H,7,10,12,23H2;4H,1-3H3;(H,1,2);2*1H,2H2/b;5-4+;;;. The van der Waals surface area contributed by atoms with Gasteiger partial charge in [0.05, 0.1) is 31.2 Å². The maximum atomic E-state index is 13.1. The second kappa shape index (κ2) is 23.4. The highest BCUT2D eigenvalue weighted by molar-refractivity contribution is 7.16. The van der Waals surface area contributed by atoms with Gasteiger partial charge >= 0.3 is 14.4 Å². The van der Waals surface area contributed by atoms with Crippen LogP contribution in [0, 0.1) is 0 Å². The molecular weight excluding hydrogens is 649 g/mol. The van der Waals surface area contributed by atoms with Crippen LogP contribution < -0.4 is 17.0 Å². The zero-order chi connectivity index (χ0) is 34.5. The van der Waals surface area contributed by atoms with Crippen LogP contribution in [0.5, 0.6) is 0 Å². The van der Waals surface area contributed by atoms with Crippen molar-refractivity contribution in [3.8, 4) is 11.1 Å². The average molecular weight is 691 g/mol. The molecule has 45 heavy (non-hydrogen) atoms. The lowest BCUT2D eigenvalue weighted by atomic mass is 10.0. The van der Waals surface area contributed by atoms with Crippen LogP contribution in [0.15, 0.2) is 76.3 Å². The first kappa shape index (κ1) is 42.1. The van der Waals surface area contributed by atoms with Crippen molar-refractivity contribution in [3.63, 3.8) is 0 Å². The molecule has 0 spiro atoms. The van der Waals surface area contributed by atoms with E-state index in [0.717, 1.165) is 26.0 Å². The van der Waals surface area contributed by atoms with Gasteiger partial charge in [-0.1, -0.05) is 24.3 Å². The molecule has 18 heteroatoms. The Balaban J connectivity index is 0.00000128. The van der Waals surface area contributed by atoms with E-state index in [1.54, 1.807) is 31.5 Å². The number of ether oxygens (including phenoxy) is 2. The number of anilines is 1. The van der Waals surface area contributed by atoms with Gasteiger partial charge in [-0.15, -0.1) is 0 Å². The lowest BCUT2D eigenvalue weighted by Crippen LogP contribution is -2.43. The van der Waals surface area contributed by atoms with Crippen molar-refractivity contribution >= 4 is 33.3 Å². The molecule has 0 amide bonds. The Morgan fingerprint density at radius 3 is 2.29 bits per heavy atom. The molecule has 1 aliphatic heterocycles. The summed E-state index contributed by atoms with van der Waals surface area (Å²) >= 11 is 0. The Hall–Kier alpha value is -2.93. The largest absolute Gasteiger partial charge is 0.502 e. The summed E-state index contributed by atoms with van der Waals surface area (Å²) in [6.07, 6.45) is 0.127. The van der Waals surface area contributed by atoms with Gasteiger partial charge in [-0.3, -0.25) is 18.9 Å². The van der Waals surface area contributed by atoms with Crippen LogP contribution in [0.1, 0.15) is 32.2 Å². The van der Waals surface area contributed by atoms with E-state index in [-0.39, 0.29) is 19.6 Å². The van der Waals surface area contributed by atoms with Gasteiger partial charge in [0.25, 0.3) is 5.56 Å². The van der Waals surface area contributed by atoms with Crippen LogP contribution in [0.2, 0.25) is 0 Å². The molecule has 6 atom stereocenters. The number of para-hydroxylation sites is 1. The molecule has 2 aromatic heterocycles. The molecule has 0 bridgehead atoms. The van der Waals surface area contributed by atoms with Crippen molar-refractivity contribution in [3.05, 3.63) is 93.2 Å². The summed E-state index contributed by atoms with van der Waals surface area (Å²) in [6, 6.07) is 12.0. The minimum Gasteiger partial charge on any atom is -0.502 e. The van der Waals surface area contributed by atoms with E-state index in [0.29, 0.717) is 11.4 Å². The topological polar surface area (TPSA) is 240 Å². The third kappa shape index (κ3) is 12.8. The predicted molar refractivity (Wildman–Crippen MR) is 176 cm³/mol.